The maximum atomic E-state index is 11.6. The second-order valence-electron chi connectivity index (χ2n) is 3.85. The van der Waals surface area contributed by atoms with Crippen LogP contribution in [0.3, 0.4) is 0 Å². The van der Waals surface area contributed by atoms with E-state index in [9.17, 15) is 4.79 Å². The van der Waals surface area contributed by atoms with Gasteiger partial charge in [-0.3, -0.25) is 4.79 Å². The molecule has 0 spiro atoms. The van der Waals surface area contributed by atoms with Crippen LogP contribution in [0.5, 0.6) is 5.88 Å². The molecule has 0 bridgehead atoms. The zero-order valence-corrected chi connectivity index (χ0v) is 12.0. The van der Waals surface area contributed by atoms with Gasteiger partial charge in [-0.15, -0.1) is 0 Å². The summed E-state index contributed by atoms with van der Waals surface area (Å²) >= 11 is 0. The van der Waals surface area contributed by atoms with E-state index in [1.54, 1.807) is 25.0 Å². The molecule has 1 aromatic rings. The number of ether oxygens (including phenoxy) is 3. The molecule has 0 radical (unpaired) electrons. The number of aromatic nitrogens is 2. The van der Waals surface area contributed by atoms with Crippen LogP contribution in [0, 0.1) is 0 Å². The zero-order valence-electron chi connectivity index (χ0n) is 12.0. The van der Waals surface area contributed by atoms with Gasteiger partial charge >= 0.3 is 5.97 Å². The molecule has 8 heteroatoms. The number of methoxy groups -OCH3 is 2. The van der Waals surface area contributed by atoms with Crippen LogP contribution in [-0.4, -0.2) is 56.5 Å². The molecule has 0 aliphatic heterocycles. The number of nitrogens with two attached hydrogens (primary N) is 1. The molecule has 0 aromatic carbocycles. The fraction of sp³-hybridized carbons (Fsp3) is 0.583. The molecule has 0 fully saturated rings. The number of nitrogens with zero attached hydrogens (tertiary/aromatic N) is 3. The summed E-state index contributed by atoms with van der Waals surface area (Å²) in [5, 5.41) is 0. The van der Waals surface area contributed by atoms with Gasteiger partial charge < -0.3 is 24.8 Å². The Morgan fingerprint density at radius 1 is 1.40 bits per heavy atom. The average Bonchev–Trinajstić information content (AvgIpc) is 2.42. The van der Waals surface area contributed by atoms with E-state index >= 15 is 0 Å². The standard InChI is InChI=1S/C12H20N4O4/c1-4-20-11(17)8-16(5-6-18-2)9-7-10(19-3)15-12(13)14-9/h7H,4-6,8H2,1-3H3,(H2,13,14,15). The molecular formula is C12H20N4O4. The molecule has 0 amide bonds. The predicted octanol–water partition coefficient (Wildman–Crippen LogP) is 0.0833. The first-order chi connectivity index (χ1) is 9.60. The van der Waals surface area contributed by atoms with Crippen molar-refractivity contribution in [1.82, 2.24) is 9.97 Å². The maximum absolute atomic E-state index is 11.6. The zero-order chi connectivity index (χ0) is 15.0. The Kier molecular flexibility index (Phi) is 6.51. The number of anilines is 2. The lowest BCUT2D eigenvalue weighted by Gasteiger charge is -2.22. The van der Waals surface area contributed by atoms with E-state index in [1.807, 2.05) is 0 Å². The summed E-state index contributed by atoms with van der Waals surface area (Å²) in [5.41, 5.74) is 5.61. The molecule has 1 heterocycles. The van der Waals surface area contributed by atoms with E-state index in [-0.39, 0.29) is 18.5 Å². The van der Waals surface area contributed by atoms with Crippen molar-refractivity contribution in [2.45, 2.75) is 6.92 Å². The van der Waals surface area contributed by atoms with Crippen LogP contribution in [0.25, 0.3) is 0 Å². The maximum Gasteiger partial charge on any atom is 0.325 e. The minimum absolute atomic E-state index is 0.0524. The Morgan fingerprint density at radius 3 is 2.75 bits per heavy atom. The summed E-state index contributed by atoms with van der Waals surface area (Å²) in [5.74, 6) is 0.545. The molecule has 0 atom stereocenters. The summed E-state index contributed by atoms with van der Waals surface area (Å²) in [6.45, 7) is 3.03. The van der Waals surface area contributed by atoms with Gasteiger partial charge in [0, 0.05) is 19.7 Å². The fourth-order valence-corrected chi connectivity index (χ4v) is 1.54. The Bertz CT molecular complexity index is 441. The van der Waals surface area contributed by atoms with Gasteiger partial charge in [-0.05, 0) is 6.92 Å². The lowest BCUT2D eigenvalue weighted by Crippen LogP contribution is -2.34. The van der Waals surface area contributed by atoms with Crippen LogP contribution >= 0.6 is 0 Å². The van der Waals surface area contributed by atoms with E-state index in [0.717, 1.165) is 0 Å². The molecule has 1 aromatic heterocycles. The highest BCUT2D eigenvalue weighted by Gasteiger charge is 2.15. The van der Waals surface area contributed by atoms with E-state index in [4.69, 9.17) is 19.9 Å². The molecule has 0 aliphatic rings. The highest BCUT2D eigenvalue weighted by atomic mass is 16.5. The average molecular weight is 284 g/mol. The van der Waals surface area contributed by atoms with Crippen LogP contribution in [-0.2, 0) is 14.3 Å². The summed E-state index contributed by atoms with van der Waals surface area (Å²) in [7, 11) is 3.06. The molecule has 112 valence electrons. The highest BCUT2D eigenvalue weighted by Crippen LogP contribution is 2.18. The normalized spacial score (nSPS) is 10.2. The quantitative estimate of drug-likeness (QED) is 0.670. The van der Waals surface area contributed by atoms with Gasteiger partial charge in [0.1, 0.15) is 12.4 Å². The smallest absolute Gasteiger partial charge is 0.325 e. The summed E-state index contributed by atoms with van der Waals surface area (Å²) in [6.07, 6.45) is 0. The Hall–Kier alpha value is -2.09. The number of carbonyl (C=O) groups is 1. The number of hydrogen-bond acceptors (Lipinski definition) is 8. The third-order valence-electron chi connectivity index (χ3n) is 2.43. The Balaban J connectivity index is 2.90. The largest absolute Gasteiger partial charge is 0.481 e. The van der Waals surface area contributed by atoms with Crippen molar-refractivity contribution in [2.24, 2.45) is 0 Å². The van der Waals surface area contributed by atoms with E-state index in [2.05, 4.69) is 9.97 Å². The number of nitrogen functional groups attached to an aromatic ring is 1. The first kappa shape index (κ1) is 16.0. The molecule has 0 saturated heterocycles. The summed E-state index contributed by atoms with van der Waals surface area (Å²) in [6, 6.07) is 1.60. The fourth-order valence-electron chi connectivity index (χ4n) is 1.54. The number of carbonyl (C=O) groups excluding carboxylic acids is 1. The van der Waals surface area contributed by atoms with E-state index in [0.29, 0.717) is 31.5 Å². The molecule has 0 aliphatic carbocycles. The second-order valence-corrected chi connectivity index (χ2v) is 3.85. The van der Waals surface area contributed by atoms with Crippen molar-refractivity contribution in [3.8, 4) is 5.88 Å². The minimum atomic E-state index is -0.347. The molecule has 1 rings (SSSR count). The van der Waals surface area contributed by atoms with Crippen LogP contribution in [0.1, 0.15) is 6.92 Å². The number of hydrogen-bond donors (Lipinski definition) is 1. The molecule has 0 saturated carbocycles. The summed E-state index contributed by atoms with van der Waals surface area (Å²) < 4.78 is 15.0. The number of esters is 1. The van der Waals surface area contributed by atoms with Crippen LogP contribution in [0.15, 0.2) is 6.07 Å². The predicted molar refractivity (Wildman–Crippen MR) is 73.7 cm³/mol. The SMILES string of the molecule is CCOC(=O)CN(CCOC)c1cc(OC)nc(N)n1. The number of rotatable bonds is 8. The summed E-state index contributed by atoms with van der Waals surface area (Å²) in [4.78, 5) is 21.3. The first-order valence-electron chi connectivity index (χ1n) is 6.18. The Morgan fingerprint density at radius 2 is 2.15 bits per heavy atom. The van der Waals surface area contributed by atoms with Crippen molar-refractivity contribution in [1.29, 1.82) is 0 Å². The van der Waals surface area contributed by atoms with Crippen molar-refractivity contribution in [3.05, 3.63) is 6.07 Å². The molecule has 20 heavy (non-hydrogen) atoms. The van der Waals surface area contributed by atoms with Crippen molar-refractivity contribution < 1.29 is 19.0 Å². The third kappa shape index (κ3) is 4.88. The minimum Gasteiger partial charge on any atom is -0.481 e. The van der Waals surface area contributed by atoms with E-state index < -0.39 is 0 Å². The van der Waals surface area contributed by atoms with Gasteiger partial charge in [-0.1, -0.05) is 0 Å². The van der Waals surface area contributed by atoms with Crippen LogP contribution in [0.2, 0.25) is 0 Å². The van der Waals surface area contributed by atoms with Crippen molar-refractivity contribution in [3.63, 3.8) is 0 Å². The van der Waals surface area contributed by atoms with Crippen LogP contribution < -0.4 is 15.4 Å². The van der Waals surface area contributed by atoms with Crippen molar-refractivity contribution in [2.75, 3.05) is 51.2 Å². The first-order valence-corrected chi connectivity index (χ1v) is 6.18. The van der Waals surface area contributed by atoms with Gasteiger partial charge in [-0.25, -0.2) is 0 Å². The topological polar surface area (TPSA) is 99.8 Å². The highest BCUT2D eigenvalue weighted by molar-refractivity contribution is 5.75. The monoisotopic (exact) mass is 284 g/mol. The van der Waals surface area contributed by atoms with E-state index in [1.165, 1.54) is 7.11 Å². The third-order valence-corrected chi connectivity index (χ3v) is 2.43. The van der Waals surface area contributed by atoms with Gasteiger partial charge in [0.05, 0.1) is 20.3 Å². The Labute approximate surface area is 117 Å². The van der Waals surface area contributed by atoms with Crippen molar-refractivity contribution >= 4 is 17.7 Å². The molecule has 2 N–H and O–H groups in total. The van der Waals surface area contributed by atoms with Crippen LogP contribution in [0.4, 0.5) is 11.8 Å². The second kappa shape index (κ2) is 8.16. The van der Waals surface area contributed by atoms with Gasteiger partial charge in [-0.2, -0.15) is 9.97 Å². The van der Waals surface area contributed by atoms with Gasteiger partial charge in [0.15, 0.2) is 0 Å². The van der Waals surface area contributed by atoms with Gasteiger partial charge in [0.25, 0.3) is 0 Å². The molecule has 0 unspecified atom stereocenters. The molecular weight excluding hydrogens is 264 g/mol. The lowest BCUT2D eigenvalue weighted by molar-refractivity contribution is -0.141. The molecule has 8 nitrogen and oxygen atoms in total. The lowest BCUT2D eigenvalue weighted by atomic mass is 10.4. The van der Waals surface area contributed by atoms with Gasteiger partial charge in [0.2, 0.25) is 11.8 Å².